The van der Waals surface area contributed by atoms with E-state index in [4.69, 9.17) is 23.2 Å². The van der Waals surface area contributed by atoms with Gasteiger partial charge in [0.2, 0.25) is 0 Å². The van der Waals surface area contributed by atoms with Crippen molar-refractivity contribution in [3.05, 3.63) is 57.1 Å². The maximum atomic E-state index is 12.3. The molecule has 22 heavy (non-hydrogen) atoms. The fourth-order valence-electron chi connectivity index (χ4n) is 2.26. The van der Waals surface area contributed by atoms with E-state index in [0.29, 0.717) is 20.7 Å². The topological polar surface area (TPSA) is 42.0 Å². The highest BCUT2D eigenvalue weighted by Gasteiger charge is 2.14. The summed E-state index contributed by atoms with van der Waals surface area (Å²) in [6.45, 7) is 4.05. The molecule has 0 radical (unpaired) electrons. The Morgan fingerprint density at radius 2 is 1.95 bits per heavy atom. The average Bonchev–Trinajstić information content (AvgIpc) is 2.84. The maximum Gasteiger partial charge on any atom is 0.259 e. The van der Waals surface area contributed by atoms with E-state index < -0.39 is 0 Å². The number of carbonyl (C=O) groups is 1. The molecule has 1 amide bonds. The van der Waals surface area contributed by atoms with Crippen LogP contribution in [0.1, 0.15) is 21.5 Å². The summed E-state index contributed by atoms with van der Waals surface area (Å²) < 4.78 is 1.05. The van der Waals surface area contributed by atoms with E-state index >= 15 is 0 Å². The minimum Gasteiger partial charge on any atom is -0.298 e. The van der Waals surface area contributed by atoms with Crippen LogP contribution in [0.25, 0.3) is 10.2 Å². The molecule has 0 aliphatic rings. The number of nitrogens with one attached hydrogen (secondary N) is 1. The average molecular weight is 351 g/mol. The summed E-state index contributed by atoms with van der Waals surface area (Å²) in [6, 6.07) is 8.92. The lowest BCUT2D eigenvalue weighted by molar-refractivity contribution is 0.102. The number of hydrogen-bond donors (Lipinski definition) is 1. The molecule has 2 aromatic carbocycles. The number of anilines is 1. The van der Waals surface area contributed by atoms with E-state index in [9.17, 15) is 4.79 Å². The van der Waals surface area contributed by atoms with Crippen molar-refractivity contribution in [2.45, 2.75) is 13.8 Å². The highest BCUT2D eigenvalue weighted by atomic mass is 35.5. The van der Waals surface area contributed by atoms with Gasteiger partial charge in [0.1, 0.15) is 0 Å². The van der Waals surface area contributed by atoms with E-state index in [1.54, 1.807) is 18.2 Å². The summed E-state index contributed by atoms with van der Waals surface area (Å²) in [7, 11) is 0. The second kappa shape index (κ2) is 5.88. The van der Waals surface area contributed by atoms with Crippen molar-refractivity contribution < 1.29 is 4.79 Å². The van der Waals surface area contributed by atoms with Crippen LogP contribution in [0.4, 0.5) is 5.13 Å². The molecule has 1 N–H and O–H groups in total. The minimum atomic E-state index is -0.319. The largest absolute Gasteiger partial charge is 0.298 e. The van der Waals surface area contributed by atoms with Gasteiger partial charge in [0.15, 0.2) is 5.13 Å². The van der Waals surface area contributed by atoms with E-state index in [0.717, 1.165) is 15.8 Å². The lowest BCUT2D eigenvalue weighted by Gasteiger charge is -2.04. The van der Waals surface area contributed by atoms with Crippen molar-refractivity contribution in [2.24, 2.45) is 0 Å². The molecule has 0 saturated heterocycles. The van der Waals surface area contributed by atoms with Gasteiger partial charge in [-0.2, -0.15) is 0 Å². The van der Waals surface area contributed by atoms with Gasteiger partial charge in [-0.05, 0) is 49.2 Å². The monoisotopic (exact) mass is 350 g/mol. The smallest absolute Gasteiger partial charge is 0.259 e. The van der Waals surface area contributed by atoms with Crippen molar-refractivity contribution in [3.8, 4) is 0 Å². The molecule has 0 atom stereocenters. The third kappa shape index (κ3) is 2.95. The van der Waals surface area contributed by atoms with Crippen molar-refractivity contribution in [3.63, 3.8) is 0 Å². The number of aryl methyl sites for hydroxylation is 2. The zero-order valence-electron chi connectivity index (χ0n) is 11.9. The molecule has 3 aromatic rings. The second-order valence-electron chi connectivity index (χ2n) is 5.03. The lowest BCUT2D eigenvalue weighted by Crippen LogP contribution is -2.12. The predicted molar refractivity (Wildman–Crippen MR) is 93.5 cm³/mol. The highest BCUT2D eigenvalue weighted by Crippen LogP contribution is 2.30. The zero-order chi connectivity index (χ0) is 15.9. The van der Waals surface area contributed by atoms with Crippen molar-refractivity contribution in [1.29, 1.82) is 0 Å². The molecular weight excluding hydrogens is 339 g/mol. The number of aromatic nitrogens is 1. The summed E-state index contributed by atoms with van der Waals surface area (Å²) in [5, 5.41) is 4.15. The number of benzene rings is 2. The molecule has 1 heterocycles. The van der Waals surface area contributed by atoms with Gasteiger partial charge in [-0.3, -0.25) is 10.1 Å². The van der Waals surface area contributed by atoms with Crippen molar-refractivity contribution in [1.82, 2.24) is 4.98 Å². The quantitative estimate of drug-likeness (QED) is 0.665. The van der Waals surface area contributed by atoms with Crippen LogP contribution in [0.15, 0.2) is 30.3 Å². The van der Waals surface area contributed by atoms with E-state index in [1.807, 2.05) is 13.8 Å². The van der Waals surface area contributed by atoms with Crippen LogP contribution >= 0.6 is 34.5 Å². The second-order valence-corrected chi connectivity index (χ2v) is 6.90. The maximum absolute atomic E-state index is 12.3. The molecule has 3 rings (SSSR count). The van der Waals surface area contributed by atoms with Crippen molar-refractivity contribution in [2.75, 3.05) is 5.32 Å². The molecule has 0 unspecified atom stereocenters. The van der Waals surface area contributed by atoms with E-state index in [2.05, 4.69) is 22.4 Å². The Balaban J connectivity index is 1.94. The first kappa shape index (κ1) is 15.3. The lowest BCUT2D eigenvalue weighted by atomic mass is 10.1. The van der Waals surface area contributed by atoms with Gasteiger partial charge in [-0.1, -0.05) is 40.6 Å². The molecule has 1 aromatic heterocycles. The fraction of sp³-hybridized carbons (Fsp3) is 0.125. The fourth-order valence-corrected chi connectivity index (χ4v) is 3.67. The predicted octanol–water partition coefficient (Wildman–Crippen LogP) is 5.47. The zero-order valence-corrected chi connectivity index (χ0v) is 14.2. The van der Waals surface area contributed by atoms with Gasteiger partial charge in [0.05, 0.1) is 20.8 Å². The van der Waals surface area contributed by atoms with Crippen LogP contribution in [0, 0.1) is 13.8 Å². The van der Waals surface area contributed by atoms with Crippen LogP contribution in [-0.4, -0.2) is 10.9 Å². The highest BCUT2D eigenvalue weighted by molar-refractivity contribution is 7.22. The van der Waals surface area contributed by atoms with Crippen LogP contribution in [0.2, 0.25) is 10.0 Å². The molecule has 0 saturated carbocycles. The van der Waals surface area contributed by atoms with Gasteiger partial charge in [-0.25, -0.2) is 4.98 Å². The summed E-state index contributed by atoms with van der Waals surface area (Å²) in [4.78, 5) is 16.8. The van der Waals surface area contributed by atoms with E-state index in [-0.39, 0.29) is 5.91 Å². The van der Waals surface area contributed by atoms with Gasteiger partial charge >= 0.3 is 0 Å². The molecule has 0 spiro atoms. The molecule has 0 aliphatic carbocycles. The summed E-state index contributed by atoms with van der Waals surface area (Å²) in [5.74, 6) is -0.319. The van der Waals surface area contributed by atoms with Crippen LogP contribution in [0.3, 0.4) is 0 Å². The molecular formula is C16H12Cl2N2OS. The normalized spacial score (nSPS) is 10.9. The Morgan fingerprint density at radius 1 is 1.18 bits per heavy atom. The summed E-state index contributed by atoms with van der Waals surface area (Å²) >= 11 is 13.4. The molecule has 0 aliphatic heterocycles. The Kier molecular flexibility index (Phi) is 4.08. The first-order chi connectivity index (χ1) is 10.4. The number of halogens is 2. The Morgan fingerprint density at radius 3 is 2.73 bits per heavy atom. The third-order valence-corrected chi connectivity index (χ3v) is 4.71. The molecule has 0 bridgehead atoms. The molecule has 0 fully saturated rings. The Bertz CT molecular complexity index is 889. The van der Waals surface area contributed by atoms with Gasteiger partial charge in [0.25, 0.3) is 5.91 Å². The Labute approximate surface area is 141 Å². The van der Waals surface area contributed by atoms with E-state index in [1.165, 1.54) is 16.9 Å². The molecule has 6 heteroatoms. The number of amides is 1. The number of carbonyl (C=O) groups excluding carboxylic acids is 1. The van der Waals surface area contributed by atoms with Crippen molar-refractivity contribution >= 4 is 55.8 Å². The molecule has 3 nitrogen and oxygen atoms in total. The number of rotatable bonds is 2. The number of fused-ring (bicyclic) bond motifs is 1. The van der Waals surface area contributed by atoms with Gasteiger partial charge < -0.3 is 0 Å². The molecule has 112 valence electrons. The SMILES string of the molecule is Cc1cc(C)c2nc(NC(=O)c3cc(Cl)ccc3Cl)sc2c1. The van der Waals surface area contributed by atoms with Crippen LogP contribution in [0.5, 0.6) is 0 Å². The Hall–Kier alpha value is -1.62. The van der Waals surface area contributed by atoms with Gasteiger partial charge in [0, 0.05) is 5.02 Å². The first-order valence-corrected chi connectivity index (χ1v) is 8.15. The van der Waals surface area contributed by atoms with Crippen LogP contribution in [-0.2, 0) is 0 Å². The number of thiazole rings is 1. The number of nitrogens with zero attached hydrogens (tertiary/aromatic N) is 1. The number of hydrogen-bond acceptors (Lipinski definition) is 3. The standard InChI is InChI=1S/C16H12Cl2N2OS/c1-8-5-9(2)14-13(6-8)22-16(19-14)20-15(21)11-7-10(17)3-4-12(11)18/h3-7H,1-2H3,(H,19,20,21). The summed E-state index contributed by atoms with van der Waals surface area (Å²) in [5.41, 5.74) is 3.50. The minimum absolute atomic E-state index is 0.319. The first-order valence-electron chi connectivity index (χ1n) is 6.58. The third-order valence-electron chi connectivity index (χ3n) is 3.22. The van der Waals surface area contributed by atoms with Gasteiger partial charge in [-0.15, -0.1) is 0 Å². The van der Waals surface area contributed by atoms with Crippen LogP contribution < -0.4 is 5.32 Å². The summed E-state index contributed by atoms with van der Waals surface area (Å²) in [6.07, 6.45) is 0.